The monoisotopic (exact) mass is 208 g/mol. The van der Waals surface area contributed by atoms with Crippen LogP contribution < -0.4 is 5.73 Å². The summed E-state index contributed by atoms with van der Waals surface area (Å²) in [5.41, 5.74) is 3.36. The van der Waals surface area contributed by atoms with E-state index in [9.17, 15) is 18.9 Å². The summed E-state index contributed by atoms with van der Waals surface area (Å²) in [5, 5.41) is 9.82. The quantitative estimate of drug-likeness (QED) is 0.333. The van der Waals surface area contributed by atoms with Crippen LogP contribution in [0.3, 0.4) is 0 Å². The molecule has 4 nitrogen and oxygen atoms in total. The molecule has 2 N–H and O–H groups in total. The van der Waals surface area contributed by atoms with Crippen molar-refractivity contribution in [2.45, 2.75) is 0 Å². The lowest BCUT2D eigenvalue weighted by Gasteiger charge is -2.01. The Morgan fingerprint density at radius 3 is 2.54 bits per heavy atom. The molecule has 0 spiro atoms. The fourth-order valence-electron chi connectivity index (χ4n) is 0.775. The summed E-state index contributed by atoms with van der Waals surface area (Å²) in [6.45, 7) is 0. The third-order valence-electron chi connectivity index (χ3n) is 1.37. The Morgan fingerprint density at radius 2 is 2.08 bits per heavy atom. The zero-order valence-electron chi connectivity index (χ0n) is 6.05. The number of nitro benzene ring substituents is 1. The highest BCUT2D eigenvalue weighted by Crippen LogP contribution is 2.33. The predicted molar refractivity (Wildman–Crippen MR) is 42.4 cm³/mol. The Hall–Kier alpha value is -1.43. The summed E-state index contributed by atoms with van der Waals surface area (Å²) in [7, 11) is 0. The highest BCUT2D eigenvalue weighted by atomic mass is 35.5. The van der Waals surface area contributed by atoms with Crippen LogP contribution in [-0.2, 0) is 0 Å². The molecule has 0 heterocycles. The van der Waals surface area contributed by atoms with Gasteiger partial charge in [0.05, 0.1) is 9.95 Å². The van der Waals surface area contributed by atoms with Crippen LogP contribution in [0.4, 0.5) is 20.2 Å². The summed E-state index contributed by atoms with van der Waals surface area (Å²) in [5.74, 6) is -3.00. The standard InChI is InChI=1S/C6H3ClF2N2O2/c7-2-1-3(8)4(9)6(5(2)10)11(12)13/h1H,10H2. The van der Waals surface area contributed by atoms with E-state index in [0.29, 0.717) is 6.07 Å². The second kappa shape index (κ2) is 3.14. The molecule has 0 unspecified atom stereocenters. The Labute approximate surface area is 76.1 Å². The van der Waals surface area contributed by atoms with Crippen LogP contribution >= 0.6 is 11.6 Å². The van der Waals surface area contributed by atoms with Crippen LogP contribution in [0, 0.1) is 21.7 Å². The normalized spacial score (nSPS) is 10.1. The van der Waals surface area contributed by atoms with Gasteiger partial charge in [-0.25, -0.2) is 4.39 Å². The minimum absolute atomic E-state index is 0.384. The van der Waals surface area contributed by atoms with Gasteiger partial charge in [0.15, 0.2) is 5.82 Å². The number of benzene rings is 1. The zero-order chi connectivity index (χ0) is 10.2. The largest absolute Gasteiger partial charge is 0.392 e. The summed E-state index contributed by atoms with van der Waals surface area (Å²) in [4.78, 5) is 9.08. The maximum absolute atomic E-state index is 12.7. The van der Waals surface area contributed by atoms with E-state index in [1.54, 1.807) is 0 Å². The molecular formula is C6H3ClF2N2O2. The number of rotatable bonds is 1. The van der Waals surface area contributed by atoms with Crippen LogP contribution in [0.15, 0.2) is 6.07 Å². The lowest BCUT2D eigenvalue weighted by molar-refractivity contribution is -0.386. The first-order valence-electron chi connectivity index (χ1n) is 3.02. The number of nitrogen functional groups attached to an aromatic ring is 1. The van der Waals surface area contributed by atoms with Crippen molar-refractivity contribution in [1.82, 2.24) is 0 Å². The molecule has 0 fully saturated rings. The first kappa shape index (κ1) is 9.66. The fourth-order valence-corrected chi connectivity index (χ4v) is 0.961. The smallest absolute Gasteiger partial charge is 0.332 e. The van der Waals surface area contributed by atoms with Gasteiger partial charge in [-0.3, -0.25) is 10.1 Å². The van der Waals surface area contributed by atoms with E-state index in [1.165, 1.54) is 0 Å². The molecular weight excluding hydrogens is 206 g/mol. The average Bonchev–Trinajstić information content (AvgIpc) is 2.01. The minimum Gasteiger partial charge on any atom is -0.392 e. The molecule has 0 saturated heterocycles. The van der Waals surface area contributed by atoms with E-state index in [0.717, 1.165) is 0 Å². The molecule has 1 aromatic rings. The molecule has 0 amide bonds. The molecule has 0 saturated carbocycles. The van der Waals surface area contributed by atoms with Crippen LogP contribution in [0.5, 0.6) is 0 Å². The topological polar surface area (TPSA) is 69.2 Å². The molecule has 0 aliphatic rings. The molecule has 0 aliphatic heterocycles. The summed E-state index contributed by atoms with van der Waals surface area (Å²) >= 11 is 5.30. The van der Waals surface area contributed by atoms with Gasteiger partial charge in [0.1, 0.15) is 5.69 Å². The Kier molecular flexibility index (Phi) is 2.33. The van der Waals surface area contributed by atoms with Gasteiger partial charge < -0.3 is 5.73 Å². The van der Waals surface area contributed by atoms with Crippen LogP contribution in [0.1, 0.15) is 0 Å². The fraction of sp³-hybridized carbons (Fsp3) is 0. The molecule has 0 aromatic heterocycles. The minimum atomic E-state index is -1.60. The van der Waals surface area contributed by atoms with Crippen molar-refractivity contribution in [2.24, 2.45) is 0 Å². The van der Waals surface area contributed by atoms with Gasteiger partial charge in [-0.1, -0.05) is 11.6 Å². The summed E-state index contributed by atoms with van der Waals surface area (Å²) < 4.78 is 25.3. The molecule has 0 bridgehead atoms. The van der Waals surface area contributed by atoms with Crippen molar-refractivity contribution in [3.8, 4) is 0 Å². The van der Waals surface area contributed by atoms with E-state index in [-0.39, 0.29) is 5.02 Å². The molecule has 13 heavy (non-hydrogen) atoms. The van der Waals surface area contributed by atoms with Gasteiger partial charge in [-0.05, 0) is 6.07 Å². The van der Waals surface area contributed by atoms with Crippen molar-refractivity contribution in [3.63, 3.8) is 0 Å². The van der Waals surface area contributed by atoms with Crippen LogP contribution in [0.25, 0.3) is 0 Å². The Balaban J connectivity index is 3.56. The maximum Gasteiger partial charge on any atom is 0.332 e. The van der Waals surface area contributed by atoms with Gasteiger partial charge in [-0.2, -0.15) is 4.39 Å². The number of hydrogen-bond acceptors (Lipinski definition) is 3. The molecule has 1 aromatic carbocycles. The predicted octanol–water partition coefficient (Wildman–Crippen LogP) is 2.11. The molecule has 70 valence electrons. The number of anilines is 1. The lowest BCUT2D eigenvalue weighted by atomic mass is 10.2. The van der Waals surface area contributed by atoms with E-state index in [4.69, 9.17) is 17.3 Å². The third kappa shape index (κ3) is 1.52. The van der Waals surface area contributed by atoms with Gasteiger partial charge in [-0.15, -0.1) is 0 Å². The van der Waals surface area contributed by atoms with Crippen molar-refractivity contribution < 1.29 is 13.7 Å². The van der Waals surface area contributed by atoms with Crippen molar-refractivity contribution in [1.29, 1.82) is 0 Å². The van der Waals surface area contributed by atoms with E-state index >= 15 is 0 Å². The summed E-state index contributed by atoms with van der Waals surface area (Å²) in [6, 6.07) is 0.583. The van der Waals surface area contributed by atoms with Crippen molar-refractivity contribution in [3.05, 3.63) is 32.8 Å². The van der Waals surface area contributed by atoms with E-state index in [2.05, 4.69) is 0 Å². The molecule has 0 radical (unpaired) electrons. The Bertz CT molecular complexity index is 357. The summed E-state index contributed by atoms with van der Waals surface area (Å²) in [6.07, 6.45) is 0. The average molecular weight is 209 g/mol. The SMILES string of the molecule is Nc1c(Cl)cc(F)c(F)c1[N+](=O)[O-]. The van der Waals surface area contributed by atoms with Gasteiger partial charge in [0.25, 0.3) is 0 Å². The van der Waals surface area contributed by atoms with Gasteiger partial charge in [0, 0.05) is 0 Å². The molecule has 0 aliphatic carbocycles. The van der Waals surface area contributed by atoms with Crippen LogP contribution in [-0.4, -0.2) is 4.92 Å². The van der Waals surface area contributed by atoms with E-state index in [1.807, 2.05) is 0 Å². The second-order valence-corrected chi connectivity index (χ2v) is 2.58. The number of nitrogens with zero attached hydrogens (tertiary/aromatic N) is 1. The first-order chi connectivity index (χ1) is 5.95. The lowest BCUT2D eigenvalue weighted by Crippen LogP contribution is -2.01. The van der Waals surface area contributed by atoms with Crippen LogP contribution in [0.2, 0.25) is 5.02 Å². The highest BCUT2D eigenvalue weighted by molar-refractivity contribution is 6.33. The molecule has 7 heteroatoms. The first-order valence-corrected chi connectivity index (χ1v) is 3.40. The van der Waals surface area contributed by atoms with E-state index < -0.39 is 27.9 Å². The second-order valence-electron chi connectivity index (χ2n) is 2.17. The number of halogens is 3. The van der Waals surface area contributed by atoms with Crippen molar-refractivity contribution in [2.75, 3.05) is 5.73 Å². The number of nitro groups is 1. The maximum atomic E-state index is 12.7. The molecule has 1 rings (SSSR count). The third-order valence-corrected chi connectivity index (χ3v) is 1.68. The van der Waals surface area contributed by atoms with Crippen molar-refractivity contribution >= 4 is 23.0 Å². The number of hydrogen-bond donors (Lipinski definition) is 1. The zero-order valence-corrected chi connectivity index (χ0v) is 6.81. The number of nitrogens with two attached hydrogens (primary N) is 1. The molecule has 0 atom stereocenters. The van der Waals surface area contributed by atoms with Gasteiger partial charge in [0.2, 0.25) is 5.82 Å². The van der Waals surface area contributed by atoms with Gasteiger partial charge >= 0.3 is 5.69 Å². The highest BCUT2D eigenvalue weighted by Gasteiger charge is 2.25. The Morgan fingerprint density at radius 1 is 1.54 bits per heavy atom.